The molecule has 1 aromatic rings. The van der Waals surface area contributed by atoms with Crippen LogP contribution < -0.4 is 5.73 Å². The lowest BCUT2D eigenvalue weighted by atomic mass is 10.1. The van der Waals surface area contributed by atoms with Crippen molar-refractivity contribution < 1.29 is 14.6 Å². The quantitative estimate of drug-likeness (QED) is 0.714. The summed E-state index contributed by atoms with van der Waals surface area (Å²) in [6, 6.07) is 0.844. The Morgan fingerprint density at radius 2 is 2.14 bits per heavy atom. The molecule has 4 N–H and O–H groups in total. The van der Waals surface area contributed by atoms with Gasteiger partial charge in [0.25, 0.3) is 0 Å². The van der Waals surface area contributed by atoms with Gasteiger partial charge in [-0.3, -0.25) is 0 Å². The van der Waals surface area contributed by atoms with Gasteiger partial charge in [0.05, 0.1) is 4.47 Å². The zero-order valence-corrected chi connectivity index (χ0v) is 8.75. The second-order valence-corrected chi connectivity index (χ2v) is 3.38. The van der Waals surface area contributed by atoms with Crippen LogP contribution in [-0.4, -0.2) is 16.8 Å². The van der Waals surface area contributed by atoms with Gasteiger partial charge in [0.2, 0.25) is 0 Å². The van der Waals surface area contributed by atoms with E-state index in [2.05, 4.69) is 15.9 Å². The van der Waals surface area contributed by atoms with Crippen LogP contribution in [0.1, 0.15) is 5.56 Å². The fourth-order valence-electron chi connectivity index (χ4n) is 0.950. The number of benzene rings is 1. The number of nitrogens with two attached hydrogens (primary N) is 1. The summed E-state index contributed by atoms with van der Waals surface area (Å²) in [5.74, 6) is -1.51. The number of phenols is 2. The Kier molecular flexibility index (Phi) is 3.49. The van der Waals surface area contributed by atoms with Gasteiger partial charge in [0.1, 0.15) is 5.82 Å². The van der Waals surface area contributed by atoms with E-state index in [1.54, 1.807) is 6.08 Å². The molecule has 5 heteroatoms. The molecule has 0 spiro atoms. The Morgan fingerprint density at radius 3 is 2.71 bits per heavy atom. The maximum atomic E-state index is 13.2. The lowest BCUT2D eigenvalue weighted by Gasteiger charge is -2.05. The smallest absolute Gasteiger partial charge is 0.172 e. The number of aromatic hydroxyl groups is 2. The minimum Gasteiger partial charge on any atom is -0.504 e. The first-order valence-electron chi connectivity index (χ1n) is 3.84. The first-order chi connectivity index (χ1) is 6.57. The van der Waals surface area contributed by atoms with Crippen LogP contribution in [0.15, 0.2) is 16.6 Å². The predicted molar refractivity (Wildman–Crippen MR) is 55.5 cm³/mol. The van der Waals surface area contributed by atoms with Gasteiger partial charge in [0, 0.05) is 18.2 Å². The Bertz CT molecular complexity index is 380. The van der Waals surface area contributed by atoms with Crippen LogP contribution in [0.2, 0.25) is 0 Å². The molecule has 0 bridgehead atoms. The molecule has 1 aromatic carbocycles. The molecular formula is C9H9BrFNO2. The summed E-state index contributed by atoms with van der Waals surface area (Å²) in [6.45, 7) is 0.271. The maximum absolute atomic E-state index is 13.2. The highest BCUT2D eigenvalue weighted by molar-refractivity contribution is 9.10. The molecule has 0 unspecified atom stereocenters. The summed E-state index contributed by atoms with van der Waals surface area (Å²) in [4.78, 5) is 0. The first-order valence-corrected chi connectivity index (χ1v) is 4.63. The van der Waals surface area contributed by atoms with Gasteiger partial charge < -0.3 is 15.9 Å². The maximum Gasteiger partial charge on any atom is 0.172 e. The number of phenolic OH excluding ortho intramolecular Hbond substituents is 2. The first kappa shape index (κ1) is 11.0. The highest BCUT2D eigenvalue weighted by Gasteiger charge is 2.13. The van der Waals surface area contributed by atoms with Crippen LogP contribution in [0.4, 0.5) is 4.39 Å². The van der Waals surface area contributed by atoms with Gasteiger partial charge in [-0.05, 0) is 15.9 Å². The van der Waals surface area contributed by atoms with Crippen LogP contribution in [0.5, 0.6) is 11.5 Å². The van der Waals surface area contributed by atoms with E-state index in [1.165, 1.54) is 6.08 Å². The molecule has 0 amide bonds. The van der Waals surface area contributed by atoms with Crippen molar-refractivity contribution in [2.45, 2.75) is 0 Å². The molecule has 0 aliphatic carbocycles. The van der Waals surface area contributed by atoms with E-state index in [1.807, 2.05) is 0 Å². The topological polar surface area (TPSA) is 66.5 Å². The molecule has 3 nitrogen and oxygen atoms in total. The monoisotopic (exact) mass is 261 g/mol. The fraction of sp³-hybridized carbons (Fsp3) is 0.111. The molecule has 0 aliphatic heterocycles. The highest BCUT2D eigenvalue weighted by atomic mass is 79.9. The van der Waals surface area contributed by atoms with Gasteiger partial charge in [-0.2, -0.15) is 0 Å². The average molecular weight is 262 g/mol. The lowest BCUT2D eigenvalue weighted by Crippen LogP contribution is -1.93. The molecule has 0 atom stereocenters. The van der Waals surface area contributed by atoms with E-state index in [9.17, 15) is 9.50 Å². The van der Waals surface area contributed by atoms with E-state index in [4.69, 9.17) is 10.8 Å². The van der Waals surface area contributed by atoms with Crippen LogP contribution in [0.3, 0.4) is 0 Å². The summed E-state index contributed by atoms with van der Waals surface area (Å²) >= 11 is 2.97. The Morgan fingerprint density at radius 1 is 1.50 bits per heavy atom. The van der Waals surface area contributed by atoms with Crippen molar-refractivity contribution in [2.75, 3.05) is 6.54 Å². The van der Waals surface area contributed by atoms with Crippen molar-refractivity contribution in [1.82, 2.24) is 0 Å². The average Bonchev–Trinajstić information content (AvgIpc) is 2.14. The van der Waals surface area contributed by atoms with Crippen LogP contribution in [-0.2, 0) is 0 Å². The highest BCUT2D eigenvalue weighted by Crippen LogP contribution is 2.38. The molecule has 0 radical (unpaired) electrons. The van der Waals surface area contributed by atoms with E-state index >= 15 is 0 Å². The number of hydrogen-bond acceptors (Lipinski definition) is 3. The second-order valence-electron chi connectivity index (χ2n) is 2.59. The number of hydrogen-bond donors (Lipinski definition) is 3. The van der Waals surface area contributed by atoms with Crippen molar-refractivity contribution >= 4 is 22.0 Å². The zero-order valence-electron chi connectivity index (χ0n) is 7.17. The van der Waals surface area contributed by atoms with Crippen molar-refractivity contribution in [3.63, 3.8) is 0 Å². The molecule has 14 heavy (non-hydrogen) atoms. The molecule has 0 heterocycles. The van der Waals surface area contributed by atoms with Gasteiger partial charge in [-0.1, -0.05) is 12.2 Å². The van der Waals surface area contributed by atoms with Gasteiger partial charge in [0.15, 0.2) is 11.5 Å². The molecule has 0 saturated heterocycles. The second kappa shape index (κ2) is 4.43. The molecule has 76 valence electrons. The van der Waals surface area contributed by atoms with E-state index in [0.717, 1.165) is 6.07 Å². The largest absolute Gasteiger partial charge is 0.504 e. The third kappa shape index (κ3) is 2.05. The predicted octanol–water partition coefficient (Wildman–Crippen LogP) is 1.97. The van der Waals surface area contributed by atoms with Crippen LogP contribution in [0.25, 0.3) is 6.08 Å². The lowest BCUT2D eigenvalue weighted by molar-refractivity contribution is 0.397. The summed E-state index contributed by atoms with van der Waals surface area (Å²) < 4.78 is 13.3. The fourth-order valence-corrected chi connectivity index (χ4v) is 1.47. The molecular weight excluding hydrogens is 253 g/mol. The SMILES string of the molecule is NC/C=C/c1c(F)cc(O)c(O)c1Br. The third-order valence-electron chi connectivity index (χ3n) is 1.63. The van der Waals surface area contributed by atoms with E-state index in [-0.39, 0.29) is 22.3 Å². The van der Waals surface area contributed by atoms with Crippen LogP contribution >= 0.6 is 15.9 Å². The van der Waals surface area contributed by atoms with Crippen LogP contribution in [0, 0.1) is 5.82 Å². The Balaban J connectivity index is 3.29. The normalized spacial score (nSPS) is 11.1. The molecule has 0 fully saturated rings. The summed E-state index contributed by atoms with van der Waals surface area (Å²) in [6.07, 6.45) is 2.97. The Labute approximate surface area is 88.8 Å². The minimum atomic E-state index is -0.628. The van der Waals surface area contributed by atoms with Crippen molar-refractivity contribution in [2.24, 2.45) is 5.73 Å². The number of halogens is 2. The summed E-state index contributed by atoms with van der Waals surface area (Å²) in [5.41, 5.74) is 5.37. The Hall–Kier alpha value is -1.07. The van der Waals surface area contributed by atoms with Crippen molar-refractivity contribution in [3.8, 4) is 11.5 Å². The van der Waals surface area contributed by atoms with E-state index in [0.29, 0.717) is 0 Å². The third-order valence-corrected chi connectivity index (χ3v) is 2.43. The van der Waals surface area contributed by atoms with Gasteiger partial charge >= 0.3 is 0 Å². The number of rotatable bonds is 2. The van der Waals surface area contributed by atoms with Crippen molar-refractivity contribution in [3.05, 3.63) is 28.0 Å². The van der Waals surface area contributed by atoms with E-state index < -0.39 is 11.6 Å². The standard InChI is InChI=1S/C9H9BrFNO2/c10-8-5(2-1-3-12)6(11)4-7(13)9(8)14/h1-2,4,13-14H,3,12H2/b2-1+. The van der Waals surface area contributed by atoms with Gasteiger partial charge in [-0.15, -0.1) is 0 Å². The van der Waals surface area contributed by atoms with Gasteiger partial charge in [-0.25, -0.2) is 4.39 Å². The molecule has 0 aromatic heterocycles. The molecule has 0 saturated carbocycles. The molecule has 1 rings (SSSR count). The van der Waals surface area contributed by atoms with Crippen molar-refractivity contribution in [1.29, 1.82) is 0 Å². The zero-order chi connectivity index (χ0) is 10.7. The summed E-state index contributed by atoms with van der Waals surface area (Å²) in [7, 11) is 0. The summed E-state index contributed by atoms with van der Waals surface area (Å²) in [5, 5.41) is 18.3. The molecule has 0 aliphatic rings. The minimum absolute atomic E-state index is 0.111.